The van der Waals surface area contributed by atoms with Gasteiger partial charge in [0.25, 0.3) is 5.91 Å². The fourth-order valence-electron chi connectivity index (χ4n) is 4.57. The lowest BCUT2D eigenvalue weighted by Crippen LogP contribution is -2.40. The molecule has 1 atom stereocenters. The summed E-state index contributed by atoms with van der Waals surface area (Å²) in [5, 5.41) is 10.6. The van der Waals surface area contributed by atoms with Crippen LogP contribution in [-0.2, 0) is 9.53 Å². The summed E-state index contributed by atoms with van der Waals surface area (Å²) in [7, 11) is 0. The van der Waals surface area contributed by atoms with Crippen molar-refractivity contribution in [2.75, 3.05) is 26.3 Å². The van der Waals surface area contributed by atoms with E-state index in [1.54, 1.807) is 4.90 Å². The Morgan fingerprint density at radius 2 is 1.96 bits per heavy atom. The molecule has 1 unspecified atom stereocenters. The maximum Gasteiger partial charge on any atom is 0.308 e. The Bertz CT molecular complexity index is 918. The minimum Gasteiger partial charge on any atom is -0.481 e. The summed E-state index contributed by atoms with van der Waals surface area (Å²) in [5.74, 6) is -1.47. The number of pyridine rings is 1. The maximum absolute atomic E-state index is 13.4. The predicted octanol–water partition coefficient (Wildman–Crippen LogP) is 2.81. The van der Waals surface area contributed by atoms with Crippen LogP contribution in [0.2, 0.25) is 0 Å². The third-order valence-electron chi connectivity index (χ3n) is 6.04. The number of ether oxygens (including phenoxy) is 1. The molecule has 1 aromatic carbocycles. The molecule has 1 N–H and O–H groups in total. The van der Waals surface area contributed by atoms with Crippen LogP contribution in [0, 0.1) is 25.2 Å². The van der Waals surface area contributed by atoms with Crippen LogP contribution in [0.3, 0.4) is 0 Å². The van der Waals surface area contributed by atoms with Crippen molar-refractivity contribution in [1.29, 1.82) is 0 Å². The van der Waals surface area contributed by atoms with Crippen molar-refractivity contribution in [1.82, 2.24) is 9.88 Å². The highest BCUT2D eigenvalue weighted by atomic mass is 16.5. The SMILES string of the molecule is Cc1ccc2nc(C)cc(C(=O)N3CC(C(=O)O)C4(CCOCC4)C3)c2c1. The number of aromatic nitrogens is 1. The molecule has 1 amide bonds. The molecular formula is C21H24N2O4. The minimum atomic E-state index is -0.821. The molecule has 2 aliphatic heterocycles. The van der Waals surface area contributed by atoms with Gasteiger partial charge in [0.1, 0.15) is 0 Å². The third-order valence-corrected chi connectivity index (χ3v) is 6.04. The molecule has 1 aromatic heterocycles. The summed E-state index contributed by atoms with van der Waals surface area (Å²) in [6, 6.07) is 7.70. The molecule has 0 radical (unpaired) electrons. The molecule has 0 saturated carbocycles. The summed E-state index contributed by atoms with van der Waals surface area (Å²) in [6.45, 7) is 5.70. The van der Waals surface area contributed by atoms with Crippen LogP contribution in [0.1, 0.15) is 34.5 Å². The molecule has 2 fully saturated rings. The van der Waals surface area contributed by atoms with Crippen LogP contribution >= 0.6 is 0 Å². The van der Waals surface area contributed by atoms with Gasteiger partial charge < -0.3 is 14.7 Å². The monoisotopic (exact) mass is 368 g/mol. The van der Waals surface area contributed by atoms with E-state index in [1.807, 2.05) is 38.1 Å². The Labute approximate surface area is 158 Å². The van der Waals surface area contributed by atoms with Gasteiger partial charge in [0.2, 0.25) is 0 Å². The quantitative estimate of drug-likeness (QED) is 0.882. The highest BCUT2D eigenvalue weighted by Gasteiger charge is 2.52. The van der Waals surface area contributed by atoms with Crippen LogP contribution in [0.25, 0.3) is 10.9 Å². The van der Waals surface area contributed by atoms with Gasteiger partial charge in [-0.1, -0.05) is 11.6 Å². The standard InChI is InChI=1S/C21H24N2O4/c1-13-3-4-18-15(9-13)16(10-14(2)22-18)19(24)23-11-17(20(25)26)21(12-23)5-7-27-8-6-21/h3-4,9-10,17H,5-8,11-12H2,1-2H3,(H,25,26). The number of likely N-dealkylation sites (tertiary alicyclic amines) is 1. The van der Waals surface area contributed by atoms with Crippen molar-refractivity contribution in [2.45, 2.75) is 26.7 Å². The molecule has 2 aromatic rings. The number of rotatable bonds is 2. The van der Waals surface area contributed by atoms with E-state index in [1.165, 1.54) is 0 Å². The second-order valence-corrected chi connectivity index (χ2v) is 7.88. The molecule has 6 nitrogen and oxygen atoms in total. The summed E-state index contributed by atoms with van der Waals surface area (Å²) >= 11 is 0. The Morgan fingerprint density at radius 3 is 2.67 bits per heavy atom. The Balaban J connectivity index is 1.72. The first-order valence-corrected chi connectivity index (χ1v) is 9.37. The molecule has 6 heteroatoms. The van der Waals surface area contributed by atoms with Gasteiger partial charge in [0, 0.05) is 42.8 Å². The lowest BCUT2D eigenvalue weighted by Gasteiger charge is -2.36. The Hall–Kier alpha value is -2.47. The zero-order chi connectivity index (χ0) is 19.2. The fourth-order valence-corrected chi connectivity index (χ4v) is 4.57. The molecule has 0 aliphatic carbocycles. The van der Waals surface area contributed by atoms with E-state index in [2.05, 4.69) is 4.98 Å². The van der Waals surface area contributed by atoms with Crippen LogP contribution in [0.15, 0.2) is 24.3 Å². The number of hydrogen-bond donors (Lipinski definition) is 1. The molecule has 3 heterocycles. The largest absolute Gasteiger partial charge is 0.481 e. The fraction of sp³-hybridized carbons (Fsp3) is 0.476. The van der Waals surface area contributed by atoms with Crippen molar-refractivity contribution >= 4 is 22.8 Å². The lowest BCUT2D eigenvalue weighted by molar-refractivity contribution is -0.146. The first-order valence-electron chi connectivity index (χ1n) is 9.37. The van der Waals surface area contributed by atoms with Gasteiger partial charge in [-0.2, -0.15) is 0 Å². The molecule has 142 valence electrons. The van der Waals surface area contributed by atoms with Crippen molar-refractivity contribution in [3.8, 4) is 0 Å². The van der Waals surface area contributed by atoms with E-state index in [9.17, 15) is 14.7 Å². The topological polar surface area (TPSA) is 79.7 Å². The van der Waals surface area contributed by atoms with Crippen molar-refractivity contribution in [2.24, 2.45) is 11.3 Å². The number of carbonyl (C=O) groups excluding carboxylic acids is 1. The molecule has 2 saturated heterocycles. The van der Waals surface area contributed by atoms with E-state index in [0.717, 1.165) is 22.2 Å². The van der Waals surface area contributed by atoms with E-state index in [0.29, 0.717) is 38.2 Å². The average molecular weight is 368 g/mol. The Morgan fingerprint density at radius 1 is 1.22 bits per heavy atom. The molecule has 1 spiro atoms. The number of aryl methyl sites for hydroxylation is 2. The number of hydrogen-bond acceptors (Lipinski definition) is 4. The van der Waals surface area contributed by atoms with Gasteiger partial charge in [-0.3, -0.25) is 14.6 Å². The third kappa shape index (κ3) is 3.08. The number of carboxylic acid groups (broad SMARTS) is 1. The van der Waals surface area contributed by atoms with Crippen molar-refractivity contribution in [3.63, 3.8) is 0 Å². The maximum atomic E-state index is 13.4. The predicted molar refractivity (Wildman–Crippen MR) is 101 cm³/mol. The lowest BCUT2D eigenvalue weighted by atomic mass is 9.72. The van der Waals surface area contributed by atoms with Crippen LogP contribution in [0.4, 0.5) is 0 Å². The summed E-state index contributed by atoms with van der Waals surface area (Å²) in [5.41, 5.74) is 2.86. The van der Waals surface area contributed by atoms with Gasteiger partial charge in [0.05, 0.1) is 17.0 Å². The van der Waals surface area contributed by atoms with E-state index < -0.39 is 11.9 Å². The van der Waals surface area contributed by atoms with Gasteiger partial charge >= 0.3 is 5.97 Å². The van der Waals surface area contributed by atoms with Crippen molar-refractivity contribution < 1.29 is 19.4 Å². The molecule has 27 heavy (non-hydrogen) atoms. The number of amides is 1. The number of carbonyl (C=O) groups is 2. The van der Waals surface area contributed by atoms with Gasteiger partial charge in [-0.25, -0.2) is 0 Å². The number of fused-ring (bicyclic) bond motifs is 1. The average Bonchev–Trinajstić information content (AvgIpc) is 3.00. The minimum absolute atomic E-state index is 0.106. The van der Waals surface area contributed by atoms with E-state index >= 15 is 0 Å². The smallest absolute Gasteiger partial charge is 0.308 e. The second-order valence-electron chi connectivity index (χ2n) is 7.88. The number of aliphatic carboxylic acids is 1. The molecule has 4 rings (SSSR count). The number of nitrogens with zero attached hydrogens (tertiary/aromatic N) is 2. The van der Waals surface area contributed by atoms with Crippen LogP contribution in [-0.4, -0.2) is 53.2 Å². The molecule has 2 aliphatic rings. The summed E-state index contributed by atoms with van der Waals surface area (Å²) in [6.07, 6.45) is 1.37. The number of carboxylic acids is 1. The zero-order valence-electron chi connectivity index (χ0n) is 15.7. The van der Waals surface area contributed by atoms with Gasteiger partial charge in [-0.05, 0) is 44.9 Å². The normalized spacial score (nSPS) is 21.7. The molecular weight excluding hydrogens is 344 g/mol. The highest BCUT2D eigenvalue weighted by molar-refractivity contribution is 6.06. The number of benzene rings is 1. The summed E-state index contributed by atoms with van der Waals surface area (Å²) in [4.78, 5) is 31.5. The molecule has 0 bridgehead atoms. The first-order chi connectivity index (χ1) is 12.9. The zero-order valence-corrected chi connectivity index (χ0v) is 15.7. The van der Waals surface area contributed by atoms with Gasteiger partial charge in [-0.15, -0.1) is 0 Å². The summed E-state index contributed by atoms with van der Waals surface area (Å²) < 4.78 is 5.45. The highest BCUT2D eigenvalue weighted by Crippen LogP contribution is 2.45. The van der Waals surface area contributed by atoms with Crippen LogP contribution in [0.5, 0.6) is 0 Å². The van der Waals surface area contributed by atoms with E-state index in [4.69, 9.17) is 4.74 Å². The second kappa shape index (κ2) is 6.60. The van der Waals surface area contributed by atoms with E-state index in [-0.39, 0.29) is 17.9 Å². The first kappa shape index (κ1) is 17.9. The van der Waals surface area contributed by atoms with Crippen molar-refractivity contribution in [3.05, 3.63) is 41.1 Å². The van der Waals surface area contributed by atoms with Gasteiger partial charge in [0.15, 0.2) is 0 Å². The Kier molecular flexibility index (Phi) is 4.38. The van der Waals surface area contributed by atoms with Crippen LogP contribution < -0.4 is 0 Å².